The predicted octanol–water partition coefficient (Wildman–Crippen LogP) is 1.87. The maximum absolute atomic E-state index is 11.6. The first-order chi connectivity index (χ1) is 10.7. The van der Waals surface area contributed by atoms with Crippen molar-refractivity contribution in [3.05, 3.63) is 51.2 Å². The monoisotopic (exact) mass is 320 g/mol. The number of rotatable bonds is 4. The first kappa shape index (κ1) is 16.5. The number of benzene rings is 1. The predicted molar refractivity (Wildman–Crippen MR) is 80.0 cm³/mol. The van der Waals surface area contributed by atoms with E-state index in [1.165, 1.54) is 32.0 Å². The lowest BCUT2D eigenvalue weighted by Crippen LogP contribution is -2.53. The van der Waals surface area contributed by atoms with E-state index >= 15 is 0 Å². The van der Waals surface area contributed by atoms with Gasteiger partial charge in [-0.1, -0.05) is 12.1 Å². The van der Waals surface area contributed by atoms with Crippen molar-refractivity contribution in [2.24, 2.45) is 0 Å². The van der Waals surface area contributed by atoms with E-state index in [2.05, 4.69) is 5.32 Å². The standard InChI is InChI=1S/C15H16N2O6/c1-8-12(13(18)19)11(7-15(2,16-8)14(20)21)9-4-3-5-10(6-9)17(22)23/h3-6,11,16H,7H2,1-2H3,(H,18,19)(H,20,21). The number of nitrogens with zero attached hydrogens (tertiary/aromatic N) is 1. The van der Waals surface area contributed by atoms with Crippen molar-refractivity contribution < 1.29 is 24.7 Å². The average Bonchev–Trinajstić information content (AvgIpc) is 2.45. The highest BCUT2D eigenvalue weighted by Crippen LogP contribution is 2.39. The molecule has 23 heavy (non-hydrogen) atoms. The Morgan fingerprint density at radius 2 is 2.04 bits per heavy atom. The number of hydrogen-bond acceptors (Lipinski definition) is 5. The summed E-state index contributed by atoms with van der Waals surface area (Å²) in [5, 5.41) is 32.5. The molecule has 3 N–H and O–H groups in total. The van der Waals surface area contributed by atoms with E-state index in [1.54, 1.807) is 6.07 Å². The molecule has 122 valence electrons. The third kappa shape index (κ3) is 3.01. The summed E-state index contributed by atoms with van der Waals surface area (Å²) in [6.45, 7) is 2.95. The van der Waals surface area contributed by atoms with Gasteiger partial charge in [0.15, 0.2) is 0 Å². The van der Waals surface area contributed by atoms with Crippen LogP contribution in [-0.4, -0.2) is 32.6 Å². The Hall–Kier alpha value is -2.90. The number of allylic oxidation sites excluding steroid dienone is 1. The second kappa shape index (κ2) is 5.71. The molecule has 1 aliphatic rings. The van der Waals surface area contributed by atoms with Gasteiger partial charge >= 0.3 is 11.9 Å². The third-order valence-corrected chi connectivity index (χ3v) is 4.01. The van der Waals surface area contributed by atoms with Crippen LogP contribution < -0.4 is 5.32 Å². The lowest BCUT2D eigenvalue weighted by atomic mass is 9.76. The summed E-state index contributed by atoms with van der Waals surface area (Å²) in [5.74, 6) is -3.05. The highest BCUT2D eigenvalue weighted by atomic mass is 16.6. The van der Waals surface area contributed by atoms with Crippen LogP contribution in [-0.2, 0) is 9.59 Å². The molecule has 0 radical (unpaired) electrons. The van der Waals surface area contributed by atoms with Crippen LogP contribution in [0.25, 0.3) is 0 Å². The second-order valence-electron chi connectivity index (χ2n) is 5.71. The molecule has 2 atom stereocenters. The van der Waals surface area contributed by atoms with Crippen LogP contribution >= 0.6 is 0 Å². The Labute approximate surface area is 131 Å². The Kier molecular flexibility index (Phi) is 4.09. The molecule has 0 amide bonds. The molecule has 0 spiro atoms. The van der Waals surface area contributed by atoms with E-state index in [-0.39, 0.29) is 23.4 Å². The van der Waals surface area contributed by atoms with Crippen molar-refractivity contribution >= 4 is 17.6 Å². The Balaban J connectivity index is 2.58. The van der Waals surface area contributed by atoms with E-state index in [1.807, 2.05) is 0 Å². The van der Waals surface area contributed by atoms with E-state index in [0.29, 0.717) is 5.56 Å². The van der Waals surface area contributed by atoms with E-state index in [4.69, 9.17) is 0 Å². The zero-order valence-corrected chi connectivity index (χ0v) is 12.6. The molecule has 2 unspecified atom stereocenters. The van der Waals surface area contributed by atoms with Gasteiger partial charge in [-0.15, -0.1) is 0 Å². The topological polar surface area (TPSA) is 130 Å². The molecule has 8 nitrogen and oxygen atoms in total. The van der Waals surface area contributed by atoms with Crippen LogP contribution in [0.5, 0.6) is 0 Å². The van der Waals surface area contributed by atoms with Crippen molar-refractivity contribution in [2.75, 3.05) is 0 Å². The second-order valence-corrected chi connectivity index (χ2v) is 5.71. The summed E-state index contributed by atoms with van der Waals surface area (Å²) in [5.41, 5.74) is -0.849. The van der Waals surface area contributed by atoms with Gasteiger partial charge in [0.1, 0.15) is 5.54 Å². The van der Waals surface area contributed by atoms with E-state index in [0.717, 1.165) is 0 Å². The van der Waals surface area contributed by atoms with Gasteiger partial charge in [-0.25, -0.2) is 9.59 Å². The zero-order valence-electron chi connectivity index (χ0n) is 12.6. The summed E-state index contributed by atoms with van der Waals surface area (Å²) in [4.78, 5) is 33.4. The molecule has 1 aromatic rings. The smallest absolute Gasteiger partial charge is 0.333 e. The first-order valence-electron chi connectivity index (χ1n) is 6.85. The number of aliphatic carboxylic acids is 2. The Morgan fingerprint density at radius 3 is 2.57 bits per heavy atom. The van der Waals surface area contributed by atoms with Gasteiger partial charge < -0.3 is 15.5 Å². The van der Waals surface area contributed by atoms with E-state index in [9.17, 15) is 29.9 Å². The number of carbonyl (C=O) groups is 2. The largest absolute Gasteiger partial charge is 0.480 e. The van der Waals surface area contributed by atoms with Crippen LogP contribution in [0.15, 0.2) is 35.5 Å². The Morgan fingerprint density at radius 1 is 1.39 bits per heavy atom. The fourth-order valence-corrected chi connectivity index (χ4v) is 2.89. The number of nitrogens with one attached hydrogen (secondary N) is 1. The summed E-state index contributed by atoms with van der Waals surface area (Å²) in [6.07, 6.45) is -0.0253. The van der Waals surface area contributed by atoms with Crippen LogP contribution in [0.4, 0.5) is 5.69 Å². The maximum atomic E-state index is 11.6. The third-order valence-electron chi connectivity index (χ3n) is 4.01. The van der Waals surface area contributed by atoms with Crippen LogP contribution in [0.2, 0.25) is 0 Å². The zero-order chi connectivity index (χ0) is 17.4. The van der Waals surface area contributed by atoms with Gasteiger partial charge in [0, 0.05) is 23.7 Å². The quantitative estimate of drug-likeness (QED) is 0.570. The Bertz CT molecular complexity index is 726. The van der Waals surface area contributed by atoms with Gasteiger partial charge in [0.05, 0.1) is 10.5 Å². The number of carboxylic acids is 2. The van der Waals surface area contributed by atoms with Crippen molar-refractivity contribution in [3.63, 3.8) is 0 Å². The maximum Gasteiger partial charge on any atom is 0.333 e. The lowest BCUT2D eigenvalue weighted by Gasteiger charge is -2.38. The average molecular weight is 320 g/mol. The summed E-state index contributed by atoms with van der Waals surface area (Å²) >= 11 is 0. The minimum Gasteiger partial charge on any atom is -0.480 e. The number of nitro groups is 1. The molecular formula is C15H16N2O6. The normalized spacial score (nSPS) is 24.0. The molecule has 1 aromatic carbocycles. The van der Waals surface area contributed by atoms with Gasteiger partial charge in [-0.3, -0.25) is 10.1 Å². The van der Waals surface area contributed by atoms with Crippen molar-refractivity contribution in [3.8, 4) is 0 Å². The van der Waals surface area contributed by atoms with Crippen molar-refractivity contribution in [1.29, 1.82) is 0 Å². The minimum atomic E-state index is -1.35. The first-order valence-corrected chi connectivity index (χ1v) is 6.85. The lowest BCUT2D eigenvalue weighted by molar-refractivity contribution is -0.384. The molecular weight excluding hydrogens is 304 g/mol. The number of carboxylic acid groups (broad SMARTS) is 2. The molecule has 8 heteroatoms. The summed E-state index contributed by atoms with van der Waals surface area (Å²) in [6, 6.07) is 5.62. The van der Waals surface area contributed by atoms with Crippen molar-refractivity contribution in [2.45, 2.75) is 31.7 Å². The SMILES string of the molecule is CC1=C(C(=O)O)C(c2cccc([N+](=O)[O-])c2)CC(C)(C(=O)O)N1. The minimum absolute atomic E-state index is 0.0178. The van der Waals surface area contributed by atoms with Gasteiger partial charge in [0.25, 0.3) is 5.69 Å². The molecule has 0 saturated carbocycles. The number of nitro benzene ring substituents is 1. The number of hydrogen-bond donors (Lipinski definition) is 3. The van der Waals surface area contributed by atoms with Gasteiger partial charge in [0.2, 0.25) is 0 Å². The molecule has 1 heterocycles. The van der Waals surface area contributed by atoms with Crippen LogP contribution in [0, 0.1) is 10.1 Å². The van der Waals surface area contributed by atoms with Crippen LogP contribution in [0.1, 0.15) is 31.7 Å². The molecule has 1 aliphatic heterocycles. The summed E-state index contributed by atoms with van der Waals surface area (Å²) < 4.78 is 0. The fraction of sp³-hybridized carbons (Fsp3) is 0.333. The van der Waals surface area contributed by atoms with Gasteiger partial charge in [-0.2, -0.15) is 0 Å². The molecule has 0 fully saturated rings. The molecule has 2 rings (SSSR count). The number of non-ortho nitro benzene ring substituents is 1. The highest BCUT2D eigenvalue weighted by molar-refractivity contribution is 5.91. The summed E-state index contributed by atoms with van der Waals surface area (Å²) in [7, 11) is 0. The molecule has 0 aliphatic carbocycles. The van der Waals surface area contributed by atoms with Gasteiger partial charge in [-0.05, 0) is 25.8 Å². The van der Waals surface area contributed by atoms with Crippen molar-refractivity contribution in [1.82, 2.24) is 5.32 Å². The fourth-order valence-electron chi connectivity index (χ4n) is 2.89. The molecule has 0 saturated heterocycles. The highest BCUT2D eigenvalue weighted by Gasteiger charge is 2.43. The van der Waals surface area contributed by atoms with Crippen LogP contribution in [0.3, 0.4) is 0 Å². The van der Waals surface area contributed by atoms with E-state index < -0.39 is 28.3 Å². The molecule has 0 aromatic heterocycles. The molecule has 0 bridgehead atoms.